The molecule has 0 saturated heterocycles. The smallest absolute Gasteiger partial charge is 0.269 e. The van der Waals surface area contributed by atoms with E-state index in [2.05, 4.69) is 4.72 Å². The lowest BCUT2D eigenvalue weighted by Crippen LogP contribution is -2.32. The van der Waals surface area contributed by atoms with E-state index in [1.54, 1.807) is 0 Å². The number of nitrogens with zero attached hydrogens (tertiary/aromatic N) is 1. The minimum atomic E-state index is -3.75. The SMILES string of the molecule is CCCC(O)CNS(=O)(=O)c1ccc([N+](=O)[O-])cc1. The van der Waals surface area contributed by atoms with Crippen LogP contribution in [0.15, 0.2) is 29.2 Å². The number of benzene rings is 1. The maximum atomic E-state index is 11.8. The van der Waals surface area contributed by atoms with E-state index in [9.17, 15) is 23.6 Å². The Balaban J connectivity index is 2.74. The number of aliphatic hydroxyl groups excluding tert-OH is 1. The molecule has 0 radical (unpaired) electrons. The van der Waals surface area contributed by atoms with E-state index in [1.807, 2.05) is 6.92 Å². The lowest BCUT2D eigenvalue weighted by atomic mass is 10.2. The van der Waals surface area contributed by atoms with Gasteiger partial charge in [-0.25, -0.2) is 13.1 Å². The molecule has 0 aliphatic carbocycles. The van der Waals surface area contributed by atoms with Gasteiger partial charge in [-0.05, 0) is 18.6 Å². The molecule has 1 atom stereocenters. The zero-order chi connectivity index (χ0) is 14.5. The van der Waals surface area contributed by atoms with E-state index >= 15 is 0 Å². The van der Waals surface area contributed by atoms with Crippen LogP contribution in [0.25, 0.3) is 0 Å². The molecule has 0 spiro atoms. The average Bonchev–Trinajstić information content (AvgIpc) is 2.37. The minimum Gasteiger partial charge on any atom is -0.392 e. The standard InChI is InChI=1S/C11H16N2O5S/c1-2-3-10(14)8-12-19(17,18)11-6-4-9(5-7-11)13(15)16/h4-7,10,12,14H,2-3,8H2,1H3. The number of rotatable bonds is 7. The molecule has 0 fully saturated rings. The summed E-state index contributed by atoms with van der Waals surface area (Å²) in [5.74, 6) is 0. The van der Waals surface area contributed by atoms with Crippen LogP contribution >= 0.6 is 0 Å². The second kappa shape index (κ2) is 6.60. The summed E-state index contributed by atoms with van der Waals surface area (Å²) in [5, 5.41) is 19.9. The summed E-state index contributed by atoms with van der Waals surface area (Å²) >= 11 is 0. The number of sulfonamides is 1. The molecule has 1 unspecified atom stereocenters. The molecule has 0 heterocycles. The summed E-state index contributed by atoms with van der Waals surface area (Å²) in [4.78, 5) is 9.79. The molecule has 0 aliphatic rings. The predicted octanol–water partition coefficient (Wildman–Crippen LogP) is 1.03. The van der Waals surface area contributed by atoms with Gasteiger partial charge in [-0.2, -0.15) is 0 Å². The Morgan fingerprint density at radius 1 is 1.37 bits per heavy atom. The van der Waals surface area contributed by atoms with E-state index in [0.717, 1.165) is 30.7 Å². The first kappa shape index (κ1) is 15.5. The van der Waals surface area contributed by atoms with Crippen LogP contribution < -0.4 is 4.72 Å². The Morgan fingerprint density at radius 2 is 1.95 bits per heavy atom. The van der Waals surface area contributed by atoms with Crippen molar-refractivity contribution in [3.05, 3.63) is 34.4 Å². The number of hydrogen-bond donors (Lipinski definition) is 2. The molecule has 106 valence electrons. The Labute approximate surface area is 111 Å². The summed E-state index contributed by atoms with van der Waals surface area (Å²) in [7, 11) is -3.75. The van der Waals surface area contributed by atoms with Gasteiger partial charge < -0.3 is 5.11 Å². The molecule has 1 aromatic carbocycles. The van der Waals surface area contributed by atoms with Crippen molar-refractivity contribution in [1.29, 1.82) is 0 Å². The first-order valence-electron chi connectivity index (χ1n) is 5.79. The fourth-order valence-electron chi connectivity index (χ4n) is 1.47. The molecule has 19 heavy (non-hydrogen) atoms. The Morgan fingerprint density at radius 3 is 2.42 bits per heavy atom. The molecule has 2 N–H and O–H groups in total. The summed E-state index contributed by atoms with van der Waals surface area (Å²) in [6.45, 7) is 1.81. The quantitative estimate of drug-likeness (QED) is 0.575. The number of non-ortho nitro benzene ring substituents is 1. The van der Waals surface area contributed by atoms with E-state index < -0.39 is 21.1 Å². The maximum absolute atomic E-state index is 11.8. The maximum Gasteiger partial charge on any atom is 0.269 e. The lowest BCUT2D eigenvalue weighted by Gasteiger charge is -2.11. The Kier molecular flexibility index (Phi) is 5.40. The van der Waals surface area contributed by atoms with E-state index in [-0.39, 0.29) is 17.1 Å². The molecule has 0 saturated carbocycles. The molecular weight excluding hydrogens is 272 g/mol. The van der Waals surface area contributed by atoms with Crippen LogP contribution in [0.1, 0.15) is 19.8 Å². The molecule has 0 amide bonds. The van der Waals surface area contributed by atoms with Gasteiger partial charge in [-0.15, -0.1) is 0 Å². The molecule has 0 aromatic heterocycles. The number of hydrogen-bond acceptors (Lipinski definition) is 5. The second-order valence-corrected chi connectivity index (χ2v) is 5.81. The molecule has 0 bridgehead atoms. The highest BCUT2D eigenvalue weighted by Gasteiger charge is 2.16. The largest absolute Gasteiger partial charge is 0.392 e. The zero-order valence-corrected chi connectivity index (χ0v) is 11.3. The van der Waals surface area contributed by atoms with Crippen molar-refractivity contribution in [2.24, 2.45) is 0 Å². The van der Waals surface area contributed by atoms with Crippen molar-refractivity contribution in [1.82, 2.24) is 4.72 Å². The number of nitro groups is 1. The van der Waals surface area contributed by atoms with Gasteiger partial charge >= 0.3 is 0 Å². The van der Waals surface area contributed by atoms with E-state index in [0.29, 0.717) is 6.42 Å². The third-order valence-electron chi connectivity index (χ3n) is 2.49. The zero-order valence-electron chi connectivity index (χ0n) is 10.4. The molecule has 7 nitrogen and oxygen atoms in total. The number of nitro benzene ring substituents is 1. The van der Waals surface area contributed by atoms with Crippen LogP contribution in [0.2, 0.25) is 0 Å². The van der Waals surface area contributed by atoms with Crippen molar-refractivity contribution < 1.29 is 18.4 Å². The van der Waals surface area contributed by atoms with Crippen LogP contribution in [-0.4, -0.2) is 31.1 Å². The fraction of sp³-hybridized carbons (Fsp3) is 0.455. The van der Waals surface area contributed by atoms with Gasteiger partial charge in [-0.1, -0.05) is 13.3 Å². The first-order chi connectivity index (χ1) is 8.86. The lowest BCUT2D eigenvalue weighted by molar-refractivity contribution is -0.384. The van der Waals surface area contributed by atoms with E-state index in [1.165, 1.54) is 0 Å². The van der Waals surface area contributed by atoms with Gasteiger partial charge in [0, 0.05) is 18.7 Å². The molecule has 1 rings (SSSR count). The molecule has 1 aromatic rings. The van der Waals surface area contributed by atoms with Gasteiger partial charge in [0.1, 0.15) is 0 Å². The monoisotopic (exact) mass is 288 g/mol. The van der Waals surface area contributed by atoms with Crippen LogP contribution in [0.5, 0.6) is 0 Å². The van der Waals surface area contributed by atoms with Crippen LogP contribution in [0.3, 0.4) is 0 Å². The third-order valence-corrected chi connectivity index (χ3v) is 3.93. The van der Waals surface area contributed by atoms with Crippen LogP contribution in [0, 0.1) is 10.1 Å². The molecule has 8 heteroatoms. The van der Waals surface area contributed by atoms with Gasteiger partial charge in [0.25, 0.3) is 5.69 Å². The normalized spacial score (nSPS) is 13.2. The van der Waals surface area contributed by atoms with Gasteiger partial charge in [0.2, 0.25) is 10.0 Å². The number of nitrogens with one attached hydrogen (secondary N) is 1. The summed E-state index contributed by atoms with van der Waals surface area (Å²) in [6, 6.07) is 4.56. The van der Waals surface area contributed by atoms with Crippen molar-refractivity contribution >= 4 is 15.7 Å². The highest BCUT2D eigenvalue weighted by Crippen LogP contribution is 2.15. The van der Waals surface area contributed by atoms with Gasteiger partial charge in [0.15, 0.2) is 0 Å². The second-order valence-electron chi connectivity index (χ2n) is 4.05. The van der Waals surface area contributed by atoms with Crippen molar-refractivity contribution in [3.63, 3.8) is 0 Å². The predicted molar refractivity (Wildman–Crippen MR) is 69.2 cm³/mol. The van der Waals surface area contributed by atoms with E-state index in [4.69, 9.17) is 0 Å². The molecular formula is C11H16N2O5S. The highest BCUT2D eigenvalue weighted by molar-refractivity contribution is 7.89. The topological polar surface area (TPSA) is 110 Å². The first-order valence-corrected chi connectivity index (χ1v) is 7.27. The van der Waals surface area contributed by atoms with Gasteiger partial charge in [0.05, 0.1) is 15.9 Å². The summed E-state index contributed by atoms with van der Waals surface area (Å²) in [5.41, 5.74) is -0.176. The van der Waals surface area contributed by atoms with Gasteiger partial charge in [-0.3, -0.25) is 10.1 Å². The van der Waals surface area contributed by atoms with Crippen molar-refractivity contribution in [2.75, 3.05) is 6.54 Å². The van der Waals surface area contributed by atoms with Crippen LogP contribution in [0.4, 0.5) is 5.69 Å². The van der Waals surface area contributed by atoms with Crippen molar-refractivity contribution in [3.8, 4) is 0 Å². The number of aliphatic hydroxyl groups is 1. The average molecular weight is 288 g/mol. The third kappa shape index (κ3) is 4.58. The van der Waals surface area contributed by atoms with Crippen molar-refractivity contribution in [2.45, 2.75) is 30.8 Å². The Bertz CT molecular complexity index is 527. The minimum absolute atomic E-state index is 0.0678. The van der Waals surface area contributed by atoms with Crippen LogP contribution in [-0.2, 0) is 10.0 Å². The Hall–Kier alpha value is -1.51. The molecule has 0 aliphatic heterocycles. The highest BCUT2D eigenvalue weighted by atomic mass is 32.2. The summed E-state index contributed by atoms with van der Waals surface area (Å²) in [6.07, 6.45) is 0.515. The summed E-state index contributed by atoms with van der Waals surface area (Å²) < 4.78 is 25.9. The fourth-order valence-corrected chi connectivity index (χ4v) is 2.54.